The van der Waals surface area contributed by atoms with Crippen molar-refractivity contribution in [2.75, 3.05) is 6.61 Å². The second kappa shape index (κ2) is 4.49. The molecule has 0 aromatic carbocycles. The van der Waals surface area contributed by atoms with E-state index in [0.717, 1.165) is 5.76 Å². The Balaban J connectivity index is 2.62. The van der Waals surface area contributed by atoms with Crippen molar-refractivity contribution in [3.05, 3.63) is 11.3 Å². The van der Waals surface area contributed by atoms with Crippen LogP contribution in [0.3, 0.4) is 0 Å². The van der Waals surface area contributed by atoms with Gasteiger partial charge in [-0.05, 0) is 19.8 Å². The highest BCUT2D eigenvalue weighted by Crippen LogP contribution is 2.29. The second-order valence-electron chi connectivity index (χ2n) is 3.86. The minimum Gasteiger partial charge on any atom is -0.494 e. The van der Waals surface area contributed by atoms with Crippen LogP contribution in [-0.4, -0.2) is 18.7 Å². The van der Waals surface area contributed by atoms with Gasteiger partial charge in [-0.2, -0.15) is 0 Å². The summed E-state index contributed by atoms with van der Waals surface area (Å²) in [6.45, 7) is 8.23. The summed E-state index contributed by atoms with van der Waals surface area (Å²) in [7, 11) is 0. The summed E-state index contributed by atoms with van der Waals surface area (Å²) in [5.74, 6) is 0.923. The molecule has 1 aliphatic heterocycles. The summed E-state index contributed by atoms with van der Waals surface area (Å²) >= 11 is 0. The molecule has 1 heterocycles. The number of ether oxygens (including phenoxy) is 2. The molecule has 0 aromatic rings. The predicted octanol–water partition coefficient (Wildman–Crippen LogP) is 2.27. The van der Waals surface area contributed by atoms with E-state index in [1.807, 2.05) is 13.8 Å². The van der Waals surface area contributed by atoms with Gasteiger partial charge in [0.1, 0.15) is 11.9 Å². The van der Waals surface area contributed by atoms with Crippen LogP contribution in [0.15, 0.2) is 11.3 Å². The molecular weight excluding hydrogens is 180 g/mol. The molecule has 0 amide bonds. The normalized spacial score (nSPS) is 21.4. The molecule has 3 heteroatoms. The first-order valence-electron chi connectivity index (χ1n) is 5.09. The van der Waals surface area contributed by atoms with Gasteiger partial charge in [0, 0.05) is 6.42 Å². The van der Waals surface area contributed by atoms with Crippen molar-refractivity contribution in [2.24, 2.45) is 5.92 Å². The lowest BCUT2D eigenvalue weighted by atomic mass is 10.0. The Morgan fingerprint density at radius 1 is 1.64 bits per heavy atom. The Morgan fingerprint density at radius 3 is 2.71 bits per heavy atom. The number of allylic oxidation sites excluding steroid dienone is 1. The Morgan fingerprint density at radius 2 is 2.29 bits per heavy atom. The van der Waals surface area contributed by atoms with E-state index in [4.69, 9.17) is 9.47 Å². The highest BCUT2D eigenvalue weighted by Gasteiger charge is 2.30. The van der Waals surface area contributed by atoms with E-state index in [9.17, 15) is 4.79 Å². The number of rotatable bonds is 3. The molecule has 0 fully saturated rings. The smallest absolute Gasteiger partial charge is 0.337 e. The molecule has 3 nitrogen and oxygen atoms in total. The molecule has 1 unspecified atom stereocenters. The van der Waals surface area contributed by atoms with Crippen molar-refractivity contribution in [1.29, 1.82) is 0 Å². The van der Waals surface area contributed by atoms with Gasteiger partial charge in [-0.3, -0.25) is 0 Å². The molecule has 80 valence electrons. The minimum atomic E-state index is -0.229. The molecule has 0 aliphatic carbocycles. The van der Waals surface area contributed by atoms with Crippen LogP contribution < -0.4 is 0 Å². The van der Waals surface area contributed by atoms with Crippen molar-refractivity contribution < 1.29 is 14.3 Å². The van der Waals surface area contributed by atoms with E-state index in [1.165, 1.54) is 0 Å². The van der Waals surface area contributed by atoms with E-state index < -0.39 is 0 Å². The maximum Gasteiger partial charge on any atom is 0.337 e. The van der Waals surface area contributed by atoms with Crippen LogP contribution in [0.2, 0.25) is 0 Å². The maximum absolute atomic E-state index is 11.5. The monoisotopic (exact) mass is 198 g/mol. The first-order chi connectivity index (χ1) is 6.56. The van der Waals surface area contributed by atoms with E-state index in [1.54, 1.807) is 0 Å². The zero-order valence-electron chi connectivity index (χ0n) is 9.29. The van der Waals surface area contributed by atoms with Crippen LogP contribution in [0.1, 0.15) is 34.1 Å². The summed E-state index contributed by atoms with van der Waals surface area (Å²) in [5.41, 5.74) is 0.700. The summed E-state index contributed by atoms with van der Waals surface area (Å²) in [5, 5.41) is 0. The molecular formula is C11H18O3. The first-order valence-corrected chi connectivity index (χ1v) is 5.09. The van der Waals surface area contributed by atoms with Crippen LogP contribution in [-0.2, 0) is 14.3 Å². The highest BCUT2D eigenvalue weighted by atomic mass is 16.5. The summed E-state index contributed by atoms with van der Waals surface area (Å²) in [6.07, 6.45) is 0.817. The third-order valence-electron chi connectivity index (χ3n) is 2.42. The molecule has 0 radical (unpaired) electrons. The van der Waals surface area contributed by atoms with E-state index >= 15 is 0 Å². The summed E-state index contributed by atoms with van der Waals surface area (Å²) in [4.78, 5) is 11.5. The Bertz CT molecular complexity index is 253. The van der Waals surface area contributed by atoms with Gasteiger partial charge in [0.15, 0.2) is 0 Å². The van der Waals surface area contributed by atoms with Gasteiger partial charge in [0.25, 0.3) is 0 Å². The van der Waals surface area contributed by atoms with Crippen LogP contribution in [0.5, 0.6) is 0 Å². The summed E-state index contributed by atoms with van der Waals surface area (Å²) < 4.78 is 10.5. The molecule has 0 bridgehead atoms. The Labute approximate surface area is 85.1 Å². The Kier molecular flexibility index (Phi) is 3.55. The Hall–Kier alpha value is -0.990. The molecule has 0 N–H and O–H groups in total. The third kappa shape index (κ3) is 2.28. The first kappa shape index (κ1) is 11.1. The van der Waals surface area contributed by atoms with Gasteiger partial charge < -0.3 is 9.47 Å². The van der Waals surface area contributed by atoms with E-state index in [2.05, 4.69) is 13.8 Å². The van der Waals surface area contributed by atoms with Crippen molar-refractivity contribution >= 4 is 5.97 Å². The maximum atomic E-state index is 11.5. The lowest BCUT2D eigenvalue weighted by Gasteiger charge is -2.14. The number of hydrogen-bond donors (Lipinski definition) is 0. The van der Waals surface area contributed by atoms with E-state index in [-0.39, 0.29) is 12.1 Å². The van der Waals surface area contributed by atoms with Crippen LogP contribution in [0.4, 0.5) is 0 Å². The number of carbonyl (C=O) groups is 1. The number of hydrogen-bond acceptors (Lipinski definition) is 3. The fourth-order valence-electron chi connectivity index (χ4n) is 1.50. The number of carbonyl (C=O) groups excluding carboxylic acids is 1. The second-order valence-corrected chi connectivity index (χ2v) is 3.86. The highest BCUT2D eigenvalue weighted by molar-refractivity contribution is 5.89. The molecule has 0 saturated carbocycles. The zero-order valence-corrected chi connectivity index (χ0v) is 9.29. The lowest BCUT2D eigenvalue weighted by molar-refractivity contribution is -0.138. The molecule has 0 aromatic heterocycles. The van der Waals surface area contributed by atoms with Crippen molar-refractivity contribution in [1.82, 2.24) is 0 Å². The van der Waals surface area contributed by atoms with Gasteiger partial charge >= 0.3 is 5.97 Å². The molecule has 1 rings (SSSR count). The van der Waals surface area contributed by atoms with Gasteiger partial charge in [-0.25, -0.2) is 4.79 Å². The van der Waals surface area contributed by atoms with Gasteiger partial charge in [-0.1, -0.05) is 13.8 Å². The lowest BCUT2D eigenvalue weighted by Crippen LogP contribution is -2.15. The van der Waals surface area contributed by atoms with Crippen LogP contribution in [0.25, 0.3) is 0 Å². The summed E-state index contributed by atoms with van der Waals surface area (Å²) in [6, 6.07) is 0. The third-order valence-corrected chi connectivity index (χ3v) is 2.42. The zero-order chi connectivity index (χ0) is 10.7. The van der Waals surface area contributed by atoms with Gasteiger partial charge in [0.05, 0.1) is 12.2 Å². The molecule has 0 spiro atoms. The topological polar surface area (TPSA) is 35.5 Å². The van der Waals surface area contributed by atoms with Crippen molar-refractivity contribution in [3.8, 4) is 0 Å². The van der Waals surface area contributed by atoms with Gasteiger partial charge in [-0.15, -0.1) is 0 Å². The largest absolute Gasteiger partial charge is 0.494 e. The minimum absolute atomic E-state index is 0.134. The quantitative estimate of drug-likeness (QED) is 0.652. The van der Waals surface area contributed by atoms with Crippen molar-refractivity contribution in [3.63, 3.8) is 0 Å². The van der Waals surface area contributed by atoms with Gasteiger partial charge in [0.2, 0.25) is 0 Å². The number of esters is 1. The fourth-order valence-corrected chi connectivity index (χ4v) is 1.50. The SMILES string of the molecule is CCOC(=O)C1=C(C)OC(C(C)C)C1. The predicted molar refractivity (Wildman–Crippen MR) is 53.7 cm³/mol. The average molecular weight is 198 g/mol. The molecule has 14 heavy (non-hydrogen) atoms. The average Bonchev–Trinajstić information content (AvgIpc) is 2.48. The van der Waals surface area contributed by atoms with Crippen LogP contribution >= 0.6 is 0 Å². The van der Waals surface area contributed by atoms with E-state index in [0.29, 0.717) is 24.5 Å². The van der Waals surface area contributed by atoms with Crippen LogP contribution in [0, 0.1) is 5.92 Å². The fraction of sp³-hybridized carbons (Fsp3) is 0.727. The van der Waals surface area contributed by atoms with Crippen molar-refractivity contribution in [2.45, 2.75) is 40.2 Å². The standard InChI is InChI=1S/C11H18O3/c1-5-13-11(12)9-6-10(7(2)3)14-8(9)4/h7,10H,5-6H2,1-4H3. The molecule has 0 saturated heterocycles. The molecule has 1 aliphatic rings. The molecule has 1 atom stereocenters.